The highest BCUT2D eigenvalue weighted by atomic mass is 35.5. The molecule has 0 aromatic carbocycles. The van der Waals surface area contributed by atoms with Crippen LogP contribution in [-0.4, -0.2) is 73.0 Å². The first kappa shape index (κ1) is 22.2. The van der Waals surface area contributed by atoms with Crippen molar-refractivity contribution >= 4 is 24.2 Å². The van der Waals surface area contributed by atoms with Crippen LogP contribution in [0, 0.1) is 0 Å². The second-order valence-corrected chi connectivity index (χ2v) is 6.93. The Hall–Kier alpha value is -0.850. The Balaban J connectivity index is 0.00000312. The Morgan fingerprint density at radius 1 is 1.08 bits per heavy atom. The molecule has 1 heterocycles. The van der Waals surface area contributed by atoms with Crippen LogP contribution in [0.3, 0.4) is 0 Å². The van der Waals surface area contributed by atoms with Gasteiger partial charge in [-0.1, -0.05) is 19.3 Å². The molecule has 0 atom stereocenters. The molecule has 2 aliphatic rings. The summed E-state index contributed by atoms with van der Waals surface area (Å²) in [6, 6.07) is 0. The molecule has 1 saturated carbocycles. The van der Waals surface area contributed by atoms with Gasteiger partial charge >= 0.3 is 0 Å². The van der Waals surface area contributed by atoms with Gasteiger partial charge in [-0.2, -0.15) is 0 Å². The molecule has 0 unspecified atom stereocenters. The average Bonchev–Trinajstić information content (AvgIpc) is 2.64. The van der Waals surface area contributed by atoms with Crippen molar-refractivity contribution in [3.05, 3.63) is 0 Å². The number of carbonyl (C=O) groups excluding carboxylic acids is 2. The van der Waals surface area contributed by atoms with Gasteiger partial charge in [0.1, 0.15) is 0 Å². The molecule has 2 N–H and O–H groups in total. The smallest absolute Gasteiger partial charge is 0.242 e. The van der Waals surface area contributed by atoms with E-state index < -0.39 is 5.54 Å². The highest BCUT2D eigenvalue weighted by Gasteiger charge is 2.41. The first-order chi connectivity index (χ1) is 11.6. The molecule has 7 heteroatoms. The van der Waals surface area contributed by atoms with Gasteiger partial charge in [-0.05, 0) is 26.7 Å². The van der Waals surface area contributed by atoms with Crippen molar-refractivity contribution in [1.29, 1.82) is 0 Å². The fraction of sp³-hybridized carbons (Fsp3) is 0.889. The lowest BCUT2D eigenvalue weighted by Crippen LogP contribution is -2.59. The Labute approximate surface area is 158 Å². The van der Waals surface area contributed by atoms with Crippen LogP contribution < -0.4 is 10.6 Å². The number of nitrogens with zero attached hydrogens (tertiary/aromatic N) is 2. The van der Waals surface area contributed by atoms with E-state index in [0.717, 1.165) is 65.0 Å². The lowest BCUT2D eigenvalue weighted by Gasteiger charge is -2.40. The van der Waals surface area contributed by atoms with Gasteiger partial charge in [0.15, 0.2) is 0 Å². The second-order valence-electron chi connectivity index (χ2n) is 6.93. The van der Waals surface area contributed by atoms with Crippen LogP contribution in [0.1, 0.15) is 52.4 Å². The molecular formula is C18H35ClN4O2. The zero-order valence-electron chi connectivity index (χ0n) is 15.8. The third-order valence-electron chi connectivity index (χ3n) is 5.44. The molecule has 6 nitrogen and oxygen atoms in total. The molecule has 2 amide bonds. The number of hydrogen-bond donors (Lipinski definition) is 2. The molecule has 2 rings (SSSR count). The van der Waals surface area contributed by atoms with E-state index >= 15 is 0 Å². The fourth-order valence-electron chi connectivity index (χ4n) is 3.92. The largest absolute Gasteiger partial charge is 0.342 e. The van der Waals surface area contributed by atoms with Crippen molar-refractivity contribution in [3.63, 3.8) is 0 Å². The van der Waals surface area contributed by atoms with Crippen LogP contribution in [0.5, 0.6) is 0 Å². The SMILES string of the molecule is CCN(CC)C(=O)C1(NCCC(=O)N2CCNCC2)CCCCC1.Cl. The number of nitrogens with one attached hydrogen (secondary N) is 2. The molecule has 0 aromatic rings. The summed E-state index contributed by atoms with van der Waals surface area (Å²) in [5.41, 5.74) is -0.450. The van der Waals surface area contributed by atoms with E-state index in [-0.39, 0.29) is 24.2 Å². The summed E-state index contributed by atoms with van der Waals surface area (Å²) in [4.78, 5) is 29.2. The third kappa shape index (κ3) is 5.83. The number of amides is 2. The van der Waals surface area contributed by atoms with Gasteiger partial charge in [0.25, 0.3) is 0 Å². The summed E-state index contributed by atoms with van der Waals surface area (Å²) in [5.74, 6) is 0.423. The summed E-state index contributed by atoms with van der Waals surface area (Å²) in [6.45, 7) is 9.50. The number of halogens is 1. The Morgan fingerprint density at radius 3 is 2.24 bits per heavy atom. The fourth-order valence-corrected chi connectivity index (χ4v) is 3.92. The van der Waals surface area contributed by atoms with E-state index in [0.29, 0.717) is 13.0 Å². The van der Waals surface area contributed by atoms with Crippen molar-refractivity contribution < 1.29 is 9.59 Å². The van der Waals surface area contributed by atoms with Crippen LogP contribution in [-0.2, 0) is 9.59 Å². The van der Waals surface area contributed by atoms with E-state index in [9.17, 15) is 9.59 Å². The second kappa shape index (κ2) is 11.0. The molecule has 0 radical (unpaired) electrons. The minimum absolute atomic E-state index is 0. The van der Waals surface area contributed by atoms with Crippen molar-refractivity contribution in [1.82, 2.24) is 20.4 Å². The molecule has 0 bridgehead atoms. The maximum absolute atomic E-state index is 13.0. The summed E-state index contributed by atoms with van der Waals surface area (Å²) in [5, 5.41) is 6.76. The van der Waals surface area contributed by atoms with E-state index in [1.807, 2.05) is 23.6 Å². The van der Waals surface area contributed by atoms with Gasteiger partial charge in [0.2, 0.25) is 11.8 Å². The normalized spacial score (nSPS) is 19.8. The molecule has 0 spiro atoms. The highest BCUT2D eigenvalue weighted by molar-refractivity contribution is 5.86. The van der Waals surface area contributed by atoms with E-state index in [4.69, 9.17) is 0 Å². The molecule has 1 aliphatic heterocycles. The minimum atomic E-state index is -0.450. The van der Waals surface area contributed by atoms with Crippen LogP contribution in [0.4, 0.5) is 0 Å². The van der Waals surface area contributed by atoms with E-state index in [2.05, 4.69) is 10.6 Å². The van der Waals surface area contributed by atoms with Crippen LogP contribution in [0.2, 0.25) is 0 Å². The lowest BCUT2D eigenvalue weighted by molar-refractivity contribution is -0.140. The van der Waals surface area contributed by atoms with Gasteiger partial charge in [0, 0.05) is 52.2 Å². The van der Waals surface area contributed by atoms with Crippen molar-refractivity contribution in [3.8, 4) is 0 Å². The maximum atomic E-state index is 13.0. The van der Waals surface area contributed by atoms with Crippen molar-refractivity contribution in [2.45, 2.75) is 57.9 Å². The first-order valence-corrected chi connectivity index (χ1v) is 9.66. The topological polar surface area (TPSA) is 64.7 Å². The predicted molar refractivity (Wildman–Crippen MR) is 103 cm³/mol. The van der Waals surface area contributed by atoms with Gasteiger partial charge in [-0.25, -0.2) is 0 Å². The van der Waals surface area contributed by atoms with E-state index in [1.165, 1.54) is 6.42 Å². The summed E-state index contributed by atoms with van der Waals surface area (Å²) >= 11 is 0. The predicted octanol–water partition coefficient (Wildman–Crippen LogP) is 1.39. The summed E-state index contributed by atoms with van der Waals surface area (Å²) in [6.07, 6.45) is 5.65. The first-order valence-electron chi connectivity index (χ1n) is 9.66. The van der Waals surface area contributed by atoms with Gasteiger partial charge in [0.05, 0.1) is 5.54 Å². The molecule has 1 saturated heterocycles. The lowest BCUT2D eigenvalue weighted by atomic mass is 9.80. The zero-order chi connectivity index (χ0) is 17.4. The Kier molecular flexibility index (Phi) is 9.75. The Morgan fingerprint density at radius 2 is 1.68 bits per heavy atom. The van der Waals surface area contributed by atoms with Crippen molar-refractivity contribution in [2.75, 3.05) is 45.8 Å². The maximum Gasteiger partial charge on any atom is 0.242 e. The van der Waals surface area contributed by atoms with E-state index in [1.54, 1.807) is 0 Å². The van der Waals surface area contributed by atoms with Gasteiger partial charge in [-0.15, -0.1) is 12.4 Å². The monoisotopic (exact) mass is 374 g/mol. The highest BCUT2D eigenvalue weighted by Crippen LogP contribution is 2.30. The summed E-state index contributed by atoms with van der Waals surface area (Å²) < 4.78 is 0. The molecule has 2 fully saturated rings. The quantitative estimate of drug-likeness (QED) is 0.706. The number of carbonyl (C=O) groups is 2. The standard InChI is InChI=1S/C18H34N4O2.ClH/c1-3-21(4-2)17(24)18(9-6-5-7-10-18)20-11-8-16(23)22-14-12-19-13-15-22;/h19-20H,3-15H2,1-2H3;1H. The Bertz CT molecular complexity index is 417. The zero-order valence-corrected chi connectivity index (χ0v) is 16.6. The van der Waals surface area contributed by atoms with Crippen molar-refractivity contribution in [2.24, 2.45) is 0 Å². The van der Waals surface area contributed by atoms with Crippen LogP contribution in [0.15, 0.2) is 0 Å². The molecule has 0 aromatic heterocycles. The number of piperazine rings is 1. The number of likely N-dealkylation sites (N-methyl/N-ethyl adjacent to an activating group) is 1. The van der Waals surface area contributed by atoms with Crippen LogP contribution >= 0.6 is 12.4 Å². The average molecular weight is 375 g/mol. The number of hydrogen-bond acceptors (Lipinski definition) is 4. The molecule has 1 aliphatic carbocycles. The minimum Gasteiger partial charge on any atom is -0.342 e. The summed E-state index contributed by atoms with van der Waals surface area (Å²) in [7, 11) is 0. The third-order valence-corrected chi connectivity index (χ3v) is 5.44. The number of rotatable bonds is 7. The van der Waals surface area contributed by atoms with Gasteiger partial charge in [-0.3, -0.25) is 9.59 Å². The molecule has 25 heavy (non-hydrogen) atoms. The van der Waals surface area contributed by atoms with Crippen LogP contribution in [0.25, 0.3) is 0 Å². The van der Waals surface area contributed by atoms with Gasteiger partial charge < -0.3 is 20.4 Å². The molecular weight excluding hydrogens is 340 g/mol. The molecule has 146 valence electrons.